The van der Waals surface area contributed by atoms with Crippen molar-refractivity contribution < 1.29 is 9.72 Å². The maximum Gasteiger partial charge on any atom is 0.282 e. The maximum absolute atomic E-state index is 12.5. The highest BCUT2D eigenvalue weighted by Gasteiger charge is 2.24. The molecule has 3 N–H and O–H groups in total. The molecule has 1 aromatic carbocycles. The van der Waals surface area contributed by atoms with E-state index in [0.29, 0.717) is 11.4 Å². The number of pyridine rings is 1. The second-order valence-corrected chi connectivity index (χ2v) is 4.21. The molecule has 108 valence electrons. The monoisotopic (exact) mass is 287 g/mol. The molecule has 0 aliphatic carbocycles. The van der Waals surface area contributed by atoms with Crippen molar-refractivity contribution in [1.29, 1.82) is 0 Å². The van der Waals surface area contributed by atoms with Crippen molar-refractivity contribution in [3.63, 3.8) is 0 Å². The van der Waals surface area contributed by atoms with Crippen molar-refractivity contribution in [3.05, 3.63) is 58.4 Å². The van der Waals surface area contributed by atoms with Gasteiger partial charge in [0.25, 0.3) is 11.6 Å². The van der Waals surface area contributed by atoms with Crippen molar-refractivity contribution in [1.82, 2.24) is 4.98 Å². The van der Waals surface area contributed by atoms with E-state index in [4.69, 9.17) is 5.84 Å². The van der Waals surface area contributed by atoms with Gasteiger partial charge in [0, 0.05) is 25.0 Å². The average molecular weight is 287 g/mol. The van der Waals surface area contributed by atoms with Crippen LogP contribution >= 0.6 is 0 Å². The number of amides is 1. The van der Waals surface area contributed by atoms with Crippen LogP contribution in [0.5, 0.6) is 0 Å². The van der Waals surface area contributed by atoms with Crippen LogP contribution in [0.3, 0.4) is 0 Å². The molecule has 2 rings (SSSR count). The average Bonchev–Trinajstić information content (AvgIpc) is 2.53. The molecule has 0 saturated carbocycles. The minimum atomic E-state index is -0.607. The summed E-state index contributed by atoms with van der Waals surface area (Å²) in [6, 6.07) is 7.36. The smallest absolute Gasteiger partial charge is 0.282 e. The number of hydrogen-bond acceptors (Lipinski definition) is 6. The highest BCUT2D eigenvalue weighted by atomic mass is 16.6. The lowest BCUT2D eigenvalue weighted by Crippen LogP contribution is -2.27. The summed E-state index contributed by atoms with van der Waals surface area (Å²) in [6.07, 6.45) is 3.07. The highest BCUT2D eigenvalue weighted by molar-refractivity contribution is 6.08. The van der Waals surface area contributed by atoms with Crippen LogP contribution in [0.4, 0.5) is 17.1 Å². The number of hydrazine groups is 1. The fraction of sp³-hybridized carbons (Fsp3) is 0.0769. The Kier molecular flexibility index (Phi) is 4.10. The number of benzene rings is 1. The molecular weight excluding hydrogens is 274 g/mol. The summed E-state index contributed by atoms with van der Waals surface area (Å²) in [6.45, 7) is 0. The standard InChI is InChI=1S/C13H13N5O3/c1-17(10-3-2-6-15-8-10)13(19)11-7-9(16-14)4-5-12(11)18(20)21/h2-8,16H,14H2,1H3. The third kappa shape index (κ3) is 2.95. The number of hydrogen-bond donors (Lipinski definition) is 2. The molecule has 0 aliphatic rings. The van der Waals surface area contributed by atoms with E-state index >= 15 is 0 Å². The molecule has 0 aliphatic heterocycles. The number of nitrogens with zero attached hydrogens (tertiary/aromatic N) is 3. The Morgan fingerprint density at radius 2 is 2.19 bits per heavy atom. The quantitative estimate of drug-likeness (QED) is 0.501. The first-order valence-corrected chi connectivity index (χ1v) is 5.97. The predicted molar refractivity (Wildman–Crippen MR) is 77.9 cm³/mol. The molecule has 8 heteroatoms. The Balaban J connectivity index is 2.44. The van der Waals surface area contributed by atoms with E-state index in [1.54, 1.807) is 18.3 Å². The van der Waals surface area contributed by atoms with Gasteiger partial charge in [-0.2, -0.15) is 0 Å². The first-order chi connectivity index (χ1) is 10.0. The summed E-state index contributed by atoms with van der Waals surface area (Å²) in [4.78, 5) is 28.1. The molecule has 0 fully saturated rings. The van der Waals surface area contributed by atoms with Crippen molar-refractivity contribution in [3.8, 4) is 0 Å². The molecule has 2 aromatic rings. The van der Waals surface area contributed by atoms with Crippen molar-refractivity contribution in [2.75, 3.05) is 17.4 Å². The van der Waals surface area contributed by atoms with Crippen LogP contribution in [-0.4, -0.2) is 22.9 Å². The molecule has 0 radical (unpaired) electrons. The van der Waals surface area contributed by atoms with E-state index < -0.39 is 10.8 Å². The number of nitrogens with one attached hydrogen (secondary N) is 1. The minimum absolute atomic E-state index is 0.0539. The summed E-state index contributed by atoms with van der Waals surface area (Å²) in [5.41, 5.74) is 2.96. The Morgan fingerprint density at radius 3 is 2.76 bits per heavy atom. The van der Waals surface area contributed by atoms with Gasteiger partial charge >= 0.3 is 0 Å². The lowest BCUT2D eigenvalue weighted by molar-refractivity contribution is -0.385. The summed E-state index contributed by atoms with van der Waals surface area (Å²) < 4.78 is 0. The van der Waals surface area contributed by atoms with E-state index in [1.165, 1.54) is 36.3 Å². The second kappa shape index (κ2) is 5.97. The molecule has 1 aromatic heterocycles. The van der Waals surface area contributed by atoms with E-state index in [-0.39, 0.29) is 11.3 Å². The van der Waals surface area contributed by atoms with Crippen molar-refractivity contribution in [2.45, 2.75) is 0 Å². The van der Waals surface area contributed by atoms with Crippen molar-refractivity contribution >= 4 is 23.0 Å². The molecule has 0 bridgehead atoms. The normalized spacial score (nSPS) is 10.0. The lowest BCUT2D eigenvalue weighted by atomic mass is 10.1. The number of nitrogen functional groups attached to an aromatic ring is 1. The fourth-order valence-electron chi connectivity index (χ4n) is 1.81. The molecule has 0 spiro atoms. The van der Waals surface area contributed by atoms with E-state index in [2.05, 4.69) is 10.4 Å². The fourth-order valence-corrected chi connectivity index (χ4v) is 1.81. The van der Waals surface area contributed by atoms with Gasteiger partial charge in [0.1, 0.15) is 5.56 Å². The SMILES string of the molecule is CN(C(=O)c1cc(NN)ccc1[N+](=O)[O-])c1cccnc1. The number of nitro benzene ring substituents is 1. The lowest BCUT2D eigenvalue weighted by Gasteiger charge is -2.17. The van der Waals surface area contributed by atoms with E-state index in [9.17, 15) is 14.9 Å². The van der Waals surface area contributed by atoms with Crippen LogP contribution in [0.15, 0.2) is 42.7 Å². The number of nitro groups is 1. The van der Waals surface area contributed by atoms with Crippen LogP contribution in [0, 0.1) is 10.1 Å². The van der Waals surface area contributed by atoms with Crippen molar-refractivity contribution in [2.24, 2.45) is 5.84 Å². The van der Waals surface area contributed by atoms with Crippen LogP contribution in [0.2, 0.25) is 0 Å². The van der Waals surface area contributed by atoms with Gasteiger partial charge in [-0.3, -0.25) is 25.7 Å². The molecule has 1 amide bonds. The number of carbonyl (C=O) groups excluding carboxylic acids is 1. The molecule has 0 saturated heterocycles. The molecular formula is C13H13N5O3. The highest BCUT2D eigenvalue weighted by Crippen LogP contribution is 2.25. The molecule has 1 heterocycles. The van der Waals surface area contributed by atoms with Gasteiger partial charge in [-0.25, -0.2) is 0 Å². The second-order valence-electron chi connectivity index (χ2n) is 4.21. The van der Waals surface area contributed by atoms with Gasteiger partial charge in [-0.1, -0.05) is 0 Å². The number of nitrogens with two attached hydrogens (primary N) is 1. The zero-order valence-electron chi connectivity index (χ0n) is 11.2. The third-order valence-corrected chi connectivity index (χ3v) is 2.93. The van der Waals surface area contributed by atoms with Crippen LogP contribution in [0.1, 0.15) is 10.4 Å². The zero-order valence-corrected chi connectivity index (χ0v) is 11.2. The summed E-state index contributed by atoms with van der Waals surface area (Å²) >= 11 is 0. The predicted octanol–water partition coefficient (Wildman–Crippen LogP) is 1.55. The number of anilines is 2. The van der Waals surface area contributed by atoms with Gasteiger partial charge < -0.3 is 10.3 Å². The molecule has 0 unspecified atom stereocenters. The topological polar surface area (TPSA) is 114 Å². The van der Waals surface area contributed by atoms with Crippen LogP contribution in [0.25, 0.3) is 0 Å². The largest absolute Gasteiger partial charge is 0.324 e. The summed E-state index contributed by atoms with van der Waals surface area (Å²) in [7, 11) is 1.52. The van der Waals surface area contributed by atoms with Gasteiger partial charge in [-0.15, -0.1) is 0 Å². The first-order valence-electron chi connectivity index (χ1n) is 5.97. The number of carbonyl (C=O) groups is 1. The van der Waals surface area contributed by atoms with Gasteiger partial charge in [-0.05, 0) is 24.3 Å². The van der Waals surface area contributed by atoms with Crippen LogP contribution < -0.4 is 16.2 Å². The Morgan fingerprint density at radius 1 is 1.43 bits per heavy atom. The van der Waals surface area contributed by atoms with Gasteiger partial charge in [0.15, 0.2) is 0 Å². The Labute approximate surface area is 120 Å². The van der Waals surface area contributed by atoms with Gasteiger partial charge in [0.05, 0.1) is 16.8 Å². The Bertz CT molecular complexity index is 675. The summed E-state index contributed by atoms with van der Waals surface area (Å²) in [5, 5.41) is 11.1. The van der Waals surface area contributed by atoms with E-state index in [1.807, 2.05) is 0 Å². The minimum Gasteiger partial charge on any atom is -0.324 e. The number of aromatic nitrogens is 1. The number of rotatable bonds is 4. The molecule has 21 heavy (non-hydrogen) atoms. The molecule has 8 nitrogen and oxygen atoms in total. The van der Waals surface area contributed by atoms with Crippen LogP contribution in [-0.2, 0) is 0 Å². The Hall–Kier alpha value is -3.00. The zero-order chi connectivity index (χ0) is 15.4. The first kappa shape index (κ1) is 14.4. The van der Waals surface area contributed by atoms with E-state index in [0.717, 1.165) is 0 Å². The molecule has 0 atom stereocenters. The maximum atomic E-state index is 12.5. The van der Waals surface area contributed by atoms with Gasteiger partial charge in [0.2, 0.25) is 0 Å². The summed E-state index contributed by atoms with van der Waals surface area (Å²) in [5.74, 6) is 4.76. The third-order valence-electron chi connectivity index (χ3n) is 2.93.